The van der Waals surface area contributed by atoms with Crippen LogP contribution in [0.5, 0.6) is 0 Å². The van der Waals surface area contributed by atoms with Gasteiger partial charge in [0.05, 0.1) is 6.10 Å². The molecule has 2 nitrogen and oxygen atoms in total. The number of ether oxygens (including phenoxy) is 1. The van der Waals surface area contributed by atoms with E-state index >= 15 is 0 Å². The van der Waals surface area contributed by atoms with E-state index in [1.807, 2.05) is 0 Å². The molecule has 1 heterocycles. The fraction of sp³-hybridized carbons (Fsp3) is 0.833. The zero-order chi connectivity index (χ0) is 10.4. The van der Waals surface area contributed by atoms with Gasteiger partial charge in [0.2, 0.25) is 0 Å². The topological polar surface area (TPSA) is 24.6 Å². The largest absolute Gasteiger partial charge is 0.353 e. The predicted octanol–water partition coefficient (Wildman–Crippen LogP) is 2.85. The summed E-state index contributed by atoms with van der Waals surface area (Å²) in [6.07, 6.45) is 8.19. The van der Waals surface area contributed by atoms with E-state index in [1.165, 1.54) is 31.3 Å². The molecule has 1 saturated heterocycles. The minimum atomic E-state index is 0.336. The van der Waals surface area contributed by atoms with Crippen molar-refractivity contribution < 1.29 is 4.74 Å². The lowest BCUT2D eigenvalue weighted by molar-refractivity contribution is 0.341. The van der Waals surface area contributed by atoms with E-state index in [9.17, 15) is 0 Å². The Hall–Kier alpha value is -0.340. The van der Waals surface area contributed by atoms with Crippen LogP contribution in [0.2, 0.25) is 0 Å². The van der Waals surface area contributed by atoms with Crippen molar-refractivity contribution >= 4 is 0 Å². The number of nitrogens with one attached hydrogen (secondary N) is 1. The third-order valence-electron chi connectivity index (χ3n) is 2.50. The summed E-state index contributed by atoms with van der Waals surface area (Å²) in [4.78, 5) is 0. The van der Waals surface area contributed by atoms with Gasteiger partial charge in [0, 0.05) is 6.54 Å². The van der Waals surface area contributed by atoms with Crippen molar-refractivity contribution in [2.75, 3.05) is 6.54 Å². The van der Waals surface area contributed by atoms with Crippen molar-refractivity contribution in [1.82, 2.24) is 5.32 Å². The molecule has 0 amide bonds. The number of hydrogen-bond donors (Lipinski definition) is 1. The molecule has 2 unspecified atom stereocenters. The Balaban J connectivity index is 1.95. The zero-order valence-electron chi connectivity index (χ0n) is 9.68. The maximum absolute atomic E-state index is 5.50. The first kappa shape index (κ1) is 11.7. The molecule has 82 valence electrons. The van der Waals surface area contributed by atoms with Crippen molar-refractivity contribution in [3.8, 4) is 0 Å². The van der Waals surface area contributed by atoms with Crippen molar-refractivity contribution in [3.05, 3.63) is 11.6 Å². The van der Waals surface area contributed by atoms with Crippen molar-refractivity contribution in [2.45, 2.75) is 58.8 Å². The first-order valence-corrected chi connectivity index (χ1v) is 5.76. The summed E-state index contributed by atoms with van der Waals surface area (Å²) in [7, 11) is 0. The minimum absolute atomic E-state index is 0.336. The monoisotopic (exact) mass is 197 g/mol. The van der Waals surface area contributed by atoms with Crippen LogP contribution in [0, 0.1) is 0 Å². The second kappa shape index (κ2) is 6.20. The van der Waals surface area contributed by atoms with Crippen LogP contribution < -0.4 is 5.32 Å². The highest BCUT2D eigenvalue weighted by molar-refractivity contribution is 4.96. The van der Waals surface area contributed by atoms with Gasteiger partial charge in [-0.3, -0.25) is 5.32 Å². The van der Waals surface area contributed by atoms with E-state index in [-0.39, 0.29) is 0 Å². The third-order valence-corrected chi connectivity index (χ3v) is 2.50. The molecule has 1 fully saturated rings. The van der Waals surface area contributed by atoms with E-state index in [2.05, 4.69) is 32.2 Å². The van der Waals surface area contributed by atoms with Crippen LogP contribution in [0.15, 0.2) is 11.6 Å². The normalized spacial score (nSPS) is 24.8. The van der Waals surface area contributed by atoms with E-state index < -0.39 is 0 Å². The summed E-state index contributed by atoms with van der Waals surface area (Å²) in [6.45, 7) is 7.41. The molecular weight excluding hydrogens is 174 g/mol. The molecule has 0 saturated carbocycles. The van der Waals surface area contributed by atoms with Crippen LogP contribution in [0.1, 0.15) is 46.5 Å². The Bertz CT molecular complexity index is 185. The fourth-order valence-electron chi connectivity index (χ4n) is 1.52. The number of allylic oxidation sites excluding steroid dienone is 1. The molecule has 1 rings (SSSR count). The Labute approximate surface area is 87.7 Å². The van der Waals surface area contributed by atoms with Gasteiger partial charge in [-0.1, -0.05) is 37.8 Å². The van der Waals surface area contributed by atoms with Gasteiger partial charge in [-0.2, -0.15) is 0 Å². The van der Waals surface area contributed by atoms with E-state index in [1.54, 1.807) is 0 Å². The summed E-state index contributed by atoms with van der Waals surface area (Å²) in [6, 6.07) is 0. The first-order valence-electron chi connectivity index (χ1n) is 5.76. The van der Waals surface area contributed by atoms with Gasteiger partial charge in [0.1, 0.15) is 6.23 Å². The van der Waals surface area contributed by atoms with Gasteiger partial charge in [0.15, 0.2) is 0 Å². The van der Waals surface area contributed by atoms with Gasteiger partial charge in [-0.15, -0.1) is 0 Å². The fourth-order valence-corrected chi connectivity index (χ4v) is 1.52. The molecule has 0 spiro atoms. The molecule has 2 atom stereocenters. The van der Waals surface area contributed by atoms with Crippen LogP contribution in [-0.2, 0) is 4.74 Å². The van der Waals surface area contributed by atoms with Crippen LogP contribution in [0.3, 0.4) is 0 Å². The van der Waals surface area contributed by atoms with Gasteiger partial charge in [-0.05, 0) is 20.3 Å². The van der Waals surface area contributed by atoms with Crippen LogP contribution >= 0.6 is 0 Å². The lowest BCUT2D eigenvalue weighted by Gasteiger charge is -1.97. The molecule has 0 aromatic rings. The zero-order valence-corrected chi connectivity index (χ0v) is 9.68. The van der Waals surface area contributed by atoms with Crippen LogP contribution in [-0.4, -0.2) is 18.9 Å². The summed E-state index contributed by atoms with van der Waals surface area (Å²) >= 11 is 0. The lowest BCUT2D eigenvalue weighted by Crippen LogP contribution is -2.19. The van der Waals surface area contributed by atoms with Crippen molar-refractivity contribution in [2.24, 2.45) is 0 Å². The number of rotatable bonds is 7. The van der Waals surface area contributed by atoms with Crippen LogP contribution in [0.4, 0.5) is 0 Å². The third kappa shape index (κ3) is 4.77. The highest BCUT2D eigenvalue weighted by atomic mass is 16.6. The molecule has 0 aliphatic carbocycles. The molecule has 14 heavy (non-hydrogen) atoms. The van der Waals surface area contributed by atoms with Crippen molar-refractivity contribution in [1.29, 1.82) is 0 Å². The van der Waals surface area contributed by atoms with Gasteiger partial charge < -0.3 is 4.74 Å². The molecule has 1 aliphatic heterocycles. The van der Waals surface area contributed by atoms with Crippen LogP contribution in [0.25, 0.3) is 0 Å². The summed E-state index contributed by atoms with van der Waals surface area (Å²) in [5.41, 5.74) is 1.36. The number of epoxide rings is 1. The number of unbranched alkanes of at least 4 members (excludes halogenated alkanes) is 2. The Morgan fingerprint density at radius 2 is 2.14 bits per heavy atom. The maximum atomic E-state index is 5.50. The molecule has 0 aromatic carbocycles. The van der Waals surface area contributed by atoms with Gasteiger partial charge in [0.25, 0.3) is 0 Å². The number of hydrogen-bond acceptors (Lipinski definition) is 2. The Morgan fingerprint density at radius 3 is 2.79 bits per heavy atom. The van der Waals surface area contributed by atoms with E-state index in [0.717, 1.165) is 6.54 Å². The molecule has 1 N–H and O–H groups in total. The second-order valence-electron chi connectivity index (χ2n) is 4.28. The SMILES string of the molecule is CCCCCC1OC1NCC=C(C)C. The Morgan fingerprint density at radius 1 is 1.36 bits per heavy atom. The van der Waals surface area contributed by atoms with Crippen molar-refractivity contribution in [3.63, 3.8) is 0 Å². The predicted molar refractivity (Wildman–Crippen MR) is 60.2 cm³/mol. The summed E-state index contributed by atoms with van der Waals surface area (Å²) in [5.74, 6) is 0. The highest BCUT2D eigenvalue weighted by Crippen LogP contribution is 2.24. The standard InChI is InChI=1S/C12H23NO/c1-4-5-6-7-11-12(14-11)13-9-8-10(2)3/h8,11-13H,4-7,9H2,1-3H3. The lowest BCUT2D eigenvalue weighted by atomic mass is 10.1. The van der Waals surface area contributed by atoms with Gasteiger partial charge in [-0.25, -0.2) is 0 Å². The highest BCUT2D eigenvalue weighted by Gasteiger charge is 2.36. The van der Waals surface area contributed by atoms with E-state index in [0.29, 0.717) is 12.3 Å². The maximum Gasteiger partial charge on any atom is 0.135 e. The molecular formula is C12H23NO. The smallest absolute Gasteiger partial charge is 0.135 e. The first-order chi connectivity index (χ1) is 6.74. The second-order valence-corrected chi connectivity index (χ2v) is 4.28. The molecule has 0 radical (unpaired) electrons. The van der Waals surface area contributed by atoms with E-state index in [4.69, 9.17) is 4.74 Å². The Kier molecular flexibility index (Phi) is 5.20. The minimum Gasteiger partial charge on any atom is -0.353 e. The average Bonchev–Trinajstić information content (AvgIpc) is 2.84. The summed E-state index contributed by atoms with van der Waals surface area (Å²) < 4.78 is 5.50. The molecule has 0 bridgehead atoms. The summed E-state index contributed by atoms with van der Waals surface area (Å²) in [5, 5.41) is 3.37. The average molecular weight is 197 g/mol. The quantitative estimate of drug-likeness (QED) is 0.385. The molecule has 0 aromatic heterocycles. The molecule has 1 aliphatic rings. The molecule has 2 heteroatoms. The van der Waals surface area contributed by atoms with Gasteiger partial charge >= 0.3 is 0 Å².